The molecule has 1 fully saturated rings. The number of aldehydes is 1. The highest BCUT2D eigenvalue weighted by molar-refractivity contribution is 7.97. The van der Waals surface area contributed by atoms with Gasteiger partial charge in [0.1, 0.15) is 6.29 Å². The second kappa shape index (κ2) is 19.3. The molecule has 1 aliphatic carbocycles. The van der Waals surface area contributed by atoms with E-state index in [1.807, 2.05) is 52.8 Å². The Morgan fingerprint density at radius 2 is 1.63 bits per heavy atom. The summed E-state index contributed by atoms with van der Waals surface area (Å²) in [5.74, 6) is 0. The minimum Gasteiger partial charge on any atom is -0.369 e. The van der Waals surface area contributed by atoms with Gasteiger partial charge in [0.05, 0.1) is 0 Å². The van der Waals surface area contributed by atoms with Gasteiger partial charge < -0.3 is 15.1 Å². The Kier molecular flexibility index (Phi) is 17.5. The number of piperazine rings is 1. The van der Waals surface area contributed by atoms with E-state index in [1.54, 1.807) is 12.6 Å². The molecule has 0 radical (unpaired) electrons. The van der Waals surface area contributed by atoms with Crippen molar-refractivity contribution in [3.8, 4) is 0 Å². The van der Waals surface area contributed by atoms with Crippen LogP contribution in [-0.4, -0.2) is 66.8 Å². The van der Waals surface area contributed by atoms with Crippen molar-refractivity contribution in [2.75, 3.05) is 44.7 Å². The van der Waals surface area contributed by atoms with Crippen LogP contribution in [0.3, 0.4) is 0 Å². The fourth-order valence-corrected chi connectivity index (χ4v) is 5.33. The van der Waals surface area contributed by atoms with E-state index < -0.39 is 5.62 Å². The number of hydrogen-bond donors (Lipinski definition) is 3. The van der Waals surface area contributed by atoms with Gasteiger partial charge in [-0.15, -0.1) is 0 Å². The van der Waals surface area contributed by atoms with E-state index in [1.165, 1.54) is 29.7 Å². The first-order valence-electron chi connectivity index (χ1n) is 14.8. The maximum atomic E-state index is 11.1. The number of aliphatic hydroxyl groups excluding tert-OH is 1. The van der Waals surface area contributed by atoms with Crippen LogP contribution in [0.25, 0.3) is 5.57 Å². The lowest BCUT2D eigenvalue weighted by Gasteiger charge is -2.39. The number of rotatable bonds is 7. The van der Waals surface area contributed by atoms with Crippen molar-refractivity contribution in [3.63, 3.8) is 0 Å². The number of hydrogen-bond acceptors (Lipinski definition) is 7. The number of carbonyl (C=O) groups excluding carboxylic acids is 1. The molecule has 0 aromatic heterocycles. The van der Waals surface area contributed by atoms with Gasteiger partial charge in [0.2, 0.25) is 5.62 Å². The van der Waals surface area contributed by atoms with Gasteiger partial charge in [-0.1, -0.05) is 70.8 Å². The highest BCUT2D eigenvalue weighted by Gasteiger charge is 2.29. The number of benzene rings is 2. The Labute approximate surface area is 258 Å². The molecule has 2 aliphatic rings. The molecule has 0 unspecified atom stereocenters. The molecule has 230 valence electrons. The molecule has 8 heteroatoms. The van der Waals surface area contributed by atoms with E-state index >= 15 is 0 Å². The molecule has 0 saturated carbocycles. The molecule has 0 atom stereocenters. The minimum atomic E-state index is -1.30. The molecule has 3 N–H and O–H groups in total. The van der Waals surface area contributed by atoms with Gasteiger partial charge in [-0.3, -0.25) is 14.4 Å². The summed E-state index contributed by atoms with van der Waals surface area (Å²) in [6.45, 7) is 20.0. The molecule has 4 rings (SSSR count). The molecular formula is C33H52ClN3O3S. The van der Waals surface area contributed by atoms with Crippen LogP contribution in [0.15, 0.2) is 48.0 Å². The molecule has 6 nitrogen and oxygen atoms in total. The molecule has 2 aromatic carbocycles. The van der Waals surface area contributed by atoms with Gasteiger partial charge in [0.25, 0.3) is 0 Å². The summed E-state index contributed by atoms with van der Waals surface area (Å²) < 4.78 is 2.48. The average molecular weight is 606 g/mol. The average Bonchev–Trinajstić information content (AvgIpc) is 2.97. The lowest BCUT2D eigenvalue weighted by molar-refractivity contribution is 0.0400. The number of allylic oxidation sites excluding steroid dienone is 1. The molecule has 1 saturated heterocycles. The third kappa shape index (κ3) is 12.5. The van der Waals surface area contributed by atoms with Crippen LogP contribution in [0.5, 0.6) is 0 Å². The lowest BCUT2D eigenvalue weighted by Crippen LogP contribution is -2.47. The molecule has 0 spiro atoms. The third-order valence-electron chi connectivity index (χ3n) is 7.13. The maximum absolute atomic E-state index is 11.1. The topological polar surface area (TPSA) is 76.0 Å². The Balaban J connectivity index is 0.000000737. The second-order valence-electron chi connectivity index (χ2n) is 10.5. The van der Waals surface area contributed by atoms with E-state index in [4.69, 9.17) is 21.8 Å². The van der Waals surface area contributed by atoms with Crippen molar-refractivity contribution in [2.45, 2.75) is 73.4 Å². The quantitative estimate of drug-likeness (QED) is 0.172. The van der Waals surface area contributed by atoms with Crippen LogP contribution in [-0.2, 0) is 0 Å². The van der Waals surface area contributed by atoms with Crippen molar-refractivity contribution in [1.29, 1.82) is 0 Å². The Morgan fingerprint density at radius 1 is 1.02 bits per heavy atom. The fraction of sp³-hybridized carbons (Fsp3) is 0.545. The SMILES string of the molecule is CC.CC.CNSC(O)O.Cc1cc(N2CCN(CC3=C(c4ccc(Cl)cc4)CC(C)(C)CC3)CC2)ccc1C=O. The van der Waals surface area contributed by atoms with E-state index in [0.29, 0.717) is 5.41 Å². The van der Waals surface area contributed by atoms with E-state index in [0.717, 1.165) is 73.5 Å². The molecule has 1 aliphatic heterocycles. The number of aliphatic hydroxyl groups is 2. The predicted octanol–water partition coefficient (Wildman–Crippen LogP) is 7.42. The zero-order chi connectivity index (χ0) is 31.0. The van der Waals surface area contributed by atoms with Crippen LogP contribution >= 0.6 is 23.5 Å². The Morgan fingerprint density at radius 3 is 2.12 bits per heavy atom. The summed E-state index contributed by atoms with van der Waals surface area (Å²) in [6, 6.07) is 14.6. The van der Waals surface area contributed by atoms with E-state index in [2.05, 4.69) is 52.6 Å². The van der Waals surface area contributed by atoms with Crippen molar-refractivity contribution in [1.82, 2.24) is 9.62 Å². The fourth-order valence-electron chi connectivity index (χ4n) is 4.99. The largest absolute Gasteiger partial charge is 0.369 e. The van der Waals surface area contributed by atoms with Gasteiger partial charge in [0, 0.05) is 49.0 Å². The van der Waals surface area contributed by atoms with Crippen LogP contribution in [0.1, 0.15) is 82.3 Å². The molecule has 0 amide bonds. The minimum absolute atomic E-state index is 0.350. The summed E-state index contributed by atoms with van der Waals surface area (Å²) in [7, 11) is 1.62. The van der Waals surface area contributed by atoms with E-state index in [-0.39, 0.29) is 0 Å². The number of nitrogens with one attached hydrogen (secondary N) is 1. The summed E-state index contributed by atoms with van der Waals surface area (Å²) >= 11 is 6.99. The maximum Gasteiger partial charge on any atom is 0.216 e. The standard InChI is InChI=1S/C27H33ClN2O.C2H7NO2S.2C2H6/c1-20-16-25(9-6-23(20)19-31)30-14-12-29(13-15-30)18-22-10-11-27(2,3)17-26(22)21-4-7-24(28)8-5-21;1-3-6-2(4)5;2*1-2/h4-9,16,19H,10-15,17-18H2,1-3H3;2-5H,1H3;2*1-2H3. The summed E-state index contributed by atoms with van der Waals surface area (Å²) in [4.78, 5) is 16.1. The third-order valence-corrected chi connectivity index (χ3v) is 7.83. The zero-order valence-electron chi connectivity index (χ0n) is 26.3. The molecule has 1 heterocycles. The van der Waals surface area contributed by atoms with Gasteiger partial charge in [-0.2, -0.15) is 0 Å². The van der Waals surface area contributed by atoms with Crippen LogP contribution in [0.2, 0.25) is 5.02 Å². The number of halogens is 1. The highest BCUT2D eigenvalue weighted by Crippen LogP contribution is 2.43. The summed E-state index contributed by atoms with van der Waals surface area (Å²) in [5.41, 5.74) is 6.57. The number of aryl methyl sites for hydroxylation is 1. The van der Waals surface area contributed by atoms with Crippen LogP contribution in [0, 0.1) is 12.3 Å². The van der Waals surface area contributed by atoms with Crippen LogP contribution < -0.4 is 9.62 Å². The smallest absolute Gasteiger partial charge is 0.216 e. The number of anilines is 1. The molecule has 0 bridgehead atoms. The molecule has 41 heavy (non-hydrogen) atoms. The van der Waals surface area contributed by atoms with Gasteiger partial charge in [0.15, 0.2) is 0 Å². The predicted molar refractivity (Wildman–Crippen MR) is 179 cm³/mol. The van der Waals surface area contributed by atoms with Gasteiger partial charge >= 0.3 is 0 Å². The first-order chi connectivity index (χ1) is 19.6. The zero-order valence-corrected chi connectivity index (χ0v) is 27.9. The van der Waals surface area contributed by atoms with E-state index in [9.17, 15) is 4.79 Å². The van der Waals surface area contributed by atoms with Gasteiger partial charge in [-0.05, 0) is 97.6 Å². The highest BCUT2D eigenvalue weighted by atomic mass is 35.5. The Hall–Kier alpha value is -1.87. The summed E-state index contributed by atoms with van der Waals surface area (Å²) in [6.07, 6.45) is 4.50. The summed E-state index contributed by atoms with van der Waals surface area (Å²) in [5, 5.41) is 16.8. The first-order valence-corrected chi connectivity index (χ1v) is 16.1. The Bertz CT molecular complexity index is 1070. The van der Waals surface area contributed by atoms with Crippen molar-refractivity contribution < 1.29 is 15.0 Å². The van der Waals surface area contributed by atoms with Crippen molar-refractivity contribution >= 4 is 41.1 Å². The van der Waals surface area contributed by atoms with Crippen LogP contribution in [0.4, 0.5) is 5.69 Å². The normalized spacial score (nSPS) is 16.5. The first kappa shape index (κ1) is 37.2. The number of nitrogens with zero attached hydrogens (tertiary/aromatic N) is 2. The monoisotopic (exact) mass is 605 g/mol. The van der Waals surface area contributed by atoms with Crippen molar-refractivity contribution in [3.05, 3.63) is 69.8 Å². The second-order valence-corrected chi connectivity index (χ2v) is 12.0. The van der Waals surface area contributed by atoms with Crippen molar-refractivity contribution in [2.24, 2.45) is 5.41 Å². The molecule has 2 aromatic rings. The number of carbonyl (C=O) groups is 1. The lowest BCUT2D eigenvalue weighted by atomic mass is 9.72. The van der Waals surface area contributed by atoms with Gasteiger partial charge in [-0.25, -0.2) is 0 Å². The molecular weight excluding hydrogens is 554 g/mol.